The van der Waals surface area contributed by atoms with Gasteiger partial charge in [-0.1, -0.05) is 43.7 Å². The van der Waals surface area contributed by atoms with Crippen LogP contribution >= 0.6 is 0 Å². The Morgan fingerprint density at radius 2 is 1.90 bits per heavy atom. The Balaban J connectivity index is 2.34. The van der Waals surface area contributed by atoms with Crippen LogP contribution in [0.5, 0.6) is 0 Å². The summed E-state index contributed by atoms with van der Waals surface area (Å²) in [7, 11) is 0. The molecule has 0 radical (unpaired) electrons. The van der Waals surface area contributed by atoms with E-state index in [1.807, 2.05) is 37.3 Å². The van der Waals surface area contributed by atoms with Gasteiger partial charge in [-0.05, 0) is 12.8 Å². The second-order valence-electron chi connectivity index (χ2n) is 5.25. The largest absolute Gasteiger partial charge is 0.349 e. The summed E-state index contributed by atoms with van der Waals surface area (Å²) in [4.78, 5) is 16.6. The minimum atomic E-state index is -0.265. The Morgan fingerprint density at radius 3 is 2.55 bits per heavy atom. The van der Waals surface area contributed by atoms with E-state index in [0.29, 0.717) is 11.5 Å². The van der Waals surface area contributed by atoms with Gasteiger partial charge in [-0.25, -0.2) is 19.3 Å². The molecule has 0 saturated carbocycles. The number of fused-ring (bicyclic) bond motifs is 1. The lowest BCUT2D eigenvalue weighted by Gasteiger charge is -2.09. The fourth-order valence-corrected chi connectivity index (χ4v) is 2.14. The molecule has 20 heavy (non-hydrogen) atoms. The Morgan fingerprint density at radius 1 is 1.20 bits per heavy atom. The first-order valence-electron chi connectivity index (χ1n) is 6.61. The van der Waals surface area contributed by atoms with E-state index in [4.69, 9.17) is 0 Å². The first-order valence-corrected chi connectivity index (χ1v) is 6.61. The zero-order valence-corrected chi connectivity index (χ0v) is 11.7. The molecule has 0 amide bonds. The van der Waals surface area contributed by atoms with Gasteiger partial charge in [-0.3, -0.25) is 0 Å². The summed E-state index contributed by atoms with van der Waals surface area (Å²) in [6, 6.07) is 9.81. The fourth-order valence-electron chi connectivity index (χ4n) is 2.14. The van der Waals surface area contributed by atoms with E-state index in [-0.39, 0.29) is 11.6 Å². The third kappa shape index (κ3) is 2.01. The van der Waals surface area contributed by atoms with Crippen molar-refractivity contribution in [1.29, 1.82) is 0 Å². The van der Waals surface area contributed by atoms with Gasteiger partial charge in [0.25, 0.3) is 0 Å². The Bertz CT molecular complexity index is 812. The van der Waals surface area contributed by atoms with Crippen molar-refractivity contribution in [2.24, 2.45) is 0 Å². The number of aromatic nitrogens is 4. The highest BCUT2D eigenvalue weighted by Gasteiger charge is 2.13. The number of rotatable bonds is 2. The van der Waals surface area contributed by atoms with Gasteiger partial charge < -0.3 is 0 Å². The van der Waals surface area contributed by atoms with Crippen LogP contribution in [0.1, 0.15) is 31.0 Å². The molecule has 0 atom stereocenters. The molecule has 5 nitrogen and oxygen atoms in total. The van der Waals surface area contributed by atoms with Crippen molar-refractivity contribution in [1.82, 2.24) is 19.6 Å². The number of aromatic amines is 1. The second-order valence-corrected chi connectivity index (χ2v) is 5.25. The monoisotopic (exact) mass is 268 g/mol. The molecule has 1 N–H and O–H groups in total. The van der Waals surface area contributed by atoms with E-state index < -0.39 is 0 Å². The van der Waals surface area contributed by atoms with Gasteiger partial charge in [-0.15, -0.1) is 0 Å². The molecule has 0 spiro atoms. The van der Waals surface area contributed by atoms with Gasteiger partial charge in [0.05, 0.1) is 0 Å². The van der Waals surface area contributed by atoms with Crippen molar-refractivity contribution in [3.8, 4) is 11.4 Å². The SMILES string of the molecule is Cc1ccc(-c2nc(C(C)C)cc3n[nH]c(=O)n23)cc1. The molecule has 1 aromatic carbocycles. The van der Waals surface area contributed by atoms with E-state index in [2.05, 4.69) is 29.0 Å². The highest BCUT2D eigenvalue weighted by molar-refractivity contribution is 5.60. The first-order chi connectivity index (χ1) is 9.56. The number of benzene rings is 1. The van der Waals surface area contributed by atoms with E-state index in [1.54, 1.807) is 0 Å². The summed E-state index contributed by atoms with van der Waals surface area (Å²) in [5, 5.41) is 6.53. The standard InChI is InChI=1S/C15H16N4O/c1-9(2)12-8-13-17-18-15(20)19(13)14(16-12)11-6-4-10(3)5-7-11/h4-9H,1-3H3,(H,18,20). The second kappa shape index (κ2) is 4.59. The fraction of sp³-hybridized carbons (Fsp3) is 0.267. The molecule has 5 heteroatoms. The molecule has 2 aromatic heterocycles. The summed E-state index contributed by atoms with van der Waals surface area (Å²) >= 11 is 0. The van der Waals surface area contributed by atoms with Crippen molar-refractivity contribution in [2.45, 2.75) is 26.7 Å². The maximum absolute atomic E-state index is 11.9. The number of H-pyrrole nitrogens is 1. The summed E-state index contributed by atoms with van der Waals surface area (Å²) in [6.07, 6.45) is 0. The third-order valence-electron chi connectivity index (χ3n) is 3.32. The van der Waals surface area contributed by atoms with Gasteiger partial charge in [-0.2, -0.15) is 5.10 Å². The average molecular weight is 268 g/mol. The summed E-state index contributed by atoms with van der Waals surface area (Å²) < 4.78 is 1.51. The van der Waals surface area contributed by atoms with Crippen LogP contribution in [0.2, 0.25) is 0 Å². The van der Waals surface area contributed by atoms with Crippen molar-refractivity contribution in [3.05, 3.63) is 52.1 Å². The molecule has 0 aliphatic heterocycles. The molecule has 3 rings (SSSR count). The lowest BCUT2D eigenvalue weighted by molar-refractivity contribution is 0.813. The molecule has 0 fully saturated rings. The van der Waals surface area contributed by atoms with Crippen LogP contribution < -0.4 is 5.69 Å². The first kappa shape index (κ1) is 12.6. The molecule has 0 unspecified atom stereocenters. The molecule has 102 valence electrons. The van der Waals surface area contributed by atoms with Crippen LogP contribution in [-0.4, -0.2) is 19.6 Å². The Labute approximate surface area is 116 Å². The van der Waals surface area contributed by atoms with Crippen LogP contribution in [0, 0.1) is 6.92 Å². The van der Waals surface area contributed by atoms with Crippen molar-refractivity contribution in [2.75, 3.05) is 0 Å². The van der Waals surface area contributed by atoms with Gasteiger partial charge in [0.2, 0.25) is 0 Å². The molecular weight excluding hydrogens is 252 g/mol. The molecular formula is C15H16N4O. The molecule has 0 bridgehead atoms. The number of hydrogen-bond donors (Lipinski definition) is 1. The summed E-state index contributed by atoms with van der Waals surface area (Å²) in [5.74, 6) is 0.904. The Hall–Kier alpha value is -2.43. The van der Waals surface area contributed by atoms with Crippen molar-refractivity contribution >= 4 is 5.65 Å². The lowest BCUT2D eigenvalue weighted by Crippen LogP contribution is -2.14. The zero-order valence-electron chi connectivity index (χ0n) is 11.7. The normalized spacial score (nSPS) is 11.4. The molecule has 0 aliphatic carbocycles. The smallest absolute Gasteiger partial charge is 0.246 e. The highest BCUT2D eigenvalue weighted by Crippen LogP contribution is 2.21. The quantitative estimate of drug-likeness (QED) is 0.776. The van der Waals surface area contributed by atoms with Crippen LogP contribution in [0.25, 0.3) is 17.0 Å². The van der Waals surface area contributed by atoms with Gasteiger partial charge in [0.15, 0.2) is 5.65 Å². The van der Waals surface area contributed by atoms with Crippen molar-refractivity contribution in [3.63, 3.8) is 0 Å². The third-order valence-corrected chi connectivity index (χ3v) is 3.32. The van der Waals surface area contributed by atoms with Gasteiger partial charge in [0.1, 0.15) is 5.82 Å². The van der Waals surface area contributed by atoms with Crippen LogP contribution in [0.15, 0.2) is 35.1 Å². The summed E-state index contributed by atoms with van der Waals surface area (Å²) in [6.45, 7) is 6.17. The lowest BCUT2D eigenvalue weighted by atomic mass is 10.1. The average Bonchev–Trinajstić information content (AvgIpc) is 2.80. The molecule has 0 aliphatic rings. The minimum Gasteiger partial charge on any atom is -0.246 e. The van der Waals surface area contributed by atoms with E-state index in [9.17, 15) is 4.79 Å². The van der Waals surface area contributed by atoms with E-state index >= 15 is 0 Å². The van der Waals surface area contributed by atoms with E-state index in [1.165, 1.54) is 9.96 Å². The maximum Gasteiger partial charge on any atom is 0.349 e. The zero-order chi connectivity index (χ0) is 14.3. The number of nitrogens with one attached hydrogen (secondary N) is 1. The maximum atomic E-state index is 11.9. The van der Waals surface area contributed by atoms with Crippen LogP contribution in [0.4, 0.5) is 0 Å². The predicted molar refractivity (Wildman–Crippen MR) is 77.9 cm³/mol. The van der Waals surface area contributed by atoms with Crippen molar-refractivity contribution < 1.29 is 0 Å². The number of hydrogen-bond acceptors (Lipinski definition) is 3. The highest BCUT2D eigenvalue weighted by atomic mass is 16.1. The molecule has 0 saturated heterocycles. The van der Waals surface area contributed by atoms with Crippen LogP contribution in [0.3, 0.4) is 0 Å². The van der Waals surface area contributed by atoms with Crippen LogP contribution in [-0.2, 0) is 0 Å². The van der Waals surface area contributed by atoms with E-state index in [0.717, 1.165) is 11.3 Å². The predicted octanol–water partition coefficient (Wildman–Crippen LogP) is 2.52. The molecule has 2 heterocycles. The number of aryl methyl sites for hydroxylation is 1. The number of nitrogens with zero attached hydrogens (tertiary/aromatic N) is 3. The Kier molecular flexibility index (Phi) is 2.89. The topological polar surface area (TPSA) is 63.0 Å². The van der Waals surface area contributed by atoms with Gasteiger partial charge >= 0.3 is 5.69 Å². The minimum absolute atomic E-state index is 0.265. The molecule has 3 aromatic rings. The van der Waals surface area contributed by atoms with Gasteiger partial charge in [0, 0.05) is 17.3 Å². The summed E-state index contributed by atoms with van der Waals surface area (Å²) in [5.41, 5.74) is 3.34.